The molecule has 3 aromatic carbocycles. The number of halogens is 2. The topological polar surface area (TPSA) is 116 Å². The van der Waals surface area contributed by atoms with Gasteiger partial charge in [-0.3, -0.25) is 4.79 Å². The highest BCUT2D eigenvalue weighted by Crippen LogP contribution is 2.33. The molecule has 5 aromatic rings. The summed E-state index contributed by atoms with van der Waals surface area (Å²) in [5.41, 5.74) is 1.45. The van der Waals surface area contributed by atoms with Crippen LogP contribution in [0.4, 0.5) is 0 Å². The Bertz CT molecular complexity index is 1740. The van der Waals surface area contributed by atoms with E-state index in [-0.39, 0.29) is 11.4 Å². The fourth-order valence-corrected chi connectivity index (χ4v) is 5.89. The van der Waals surface area contributed by atoms with E-state index in [4.69, 9.17) is 24.0 Å². The number of para-hydroxylation sites is 1. The Hall–Kier alpha value is -3.46. The number of carboxylic acids is 1. The molecule has 0 amide bonds. The minimum absolute atomic E-state index is 0.240. The zero-order valence-electron chi connectivity index (χ0n) is 19.1. The van der Waals surface area contributed by atoms with Crippen LogP contribution in [0.3, 0.4) is 0 Å². The molecule has 1 N–H and O–H groups in total. The Morgan fingerprint density at radius 2 is 1.86 bits per heavy atom. The van der Waals surface area contributed by atoms with E-state index in [0.29, 0.717) is 46.4 Å². The van der Waals surface area contributed by atoms with Crippen LogP contribution in [0, 0.1) is 7.14 Å². The molecule has 0 saturated heterocycles. The predicted octanol–water partition coefficient (Wildman–Crippen LogP) is 5.37. The number of benzene rings is 3. The molecule has 186 valence electrons. The van der Waals surface area contributed by atoms with Crippen LogP contribution in [0.15, 0.2) is 75.0 Å². The van der Waals surface area contributed by atoms with Gasteiger partial charge in [-0.2, -0.15) is 9.78 Å². The third-order valence-corrected chi connectivity index (χ3v) is 7.00. The number of aromatic nitrogens is 2. The standard InChI is InChI=1S/C26H17I2N3O6/c1-35-20-7-4-8-21-16(20)11-22(37-21)25-30-19-6-3-2-5-15(19)26(34)31(25)29-12-14-9-17(27)24(18(28)10-14)36-13-23(32)33/h2-12H,13H2,1H3,(H,32,33). The van der Waals surface area contributed by atoms with E-state index in [1.807, 2.05) is 24.3 Å². The van der Waals surface area contributed by atoms with Crippen molar-refractivity contribution >= 4 is 79.2 Å². The van der Waals surface area contributed by atoms with Gasteiger partial charge in [0.1, 0.15) is 17.1 Å². The number of hydrogen-bond acceptors (Lipinski definition) is 7. The van der Waals surface area contributed by atoms with Gasteiger partial charge in [0.2, 0.25) is 5.82 Å². The van der Waals surface area contributed by atoms with Gasteiger partial charge in [-0.05, 0) is 93.2 Å². The number of hydrogen-bond donors (Lipinski definition) is 1. The molecule has 9 nitrogen and oxygen atoms in total. The molecule has 0 aliphatic carbocycles. The molecule has 0 spiro atoms. The molecule has 0 unspecified atom stereocenters. The molecule has 0 fully saturated rings. The zero-order chi connectivity index (χ0) is 26.1. The van der Waals surface area contributed by atoms with Crippen molar-refractivity contribution in [2.45, 2.75) is 0 Å². The summed E-state index contributed by atoms with van der Waals surface area (Å²) in [6, 6.07) is 17.8. The number of furan rings is 1. The Kier molecular flexibility index (Phi) is 7.15. The van der Waals surface area contributed by atoms with Crippen LogP contribution in [0.5, 0.6) is 11.5 Å². The second kappa shape index (κ2) is 10.5. The van der Waals surface area contributed by atoms with Crippen molar-refractivity contribution < 1.29 is 23.8 Å². The fourth-order valence-electron chi connectivity index (χ4n) is 3.76. The van der Waals surface area contributed by atoms with E-state index in [1.165, 1.54) is 10.9 Å². The number of carboxylic acid groups (broad SMARTS) is 1. The number of fused-ring (bicyclic) bond motifs is 2. The molecule has 0 atom stereocenters. The minimum Gasteiger partial charge on any atom is -0.496 e. The van der Waals surface area contributed by atoms with Crippen molar-refractivity contribution in [3.8, 4) is 23.1 Å². The number of methoxy groups -OCH3 is 1. The lowest BCUT2D eigenvalue weighted by molar-refractivity contribution is -0.139. The fraction of sp³-hybridized carbons (Fsp3) is 0.0769. The first kappa shape index (κ1) is 25.2. The monoisotopic (exact) mass is 721 g/mol. The van der Waals surface area contributed by atoms with Crippen molar-refractivity contribution in [2.24, 2.45) is 5.10 Å². The third kappa shape index (κ3) is 5.05. The van der Waals surface area contributed by atoms with Crippen molar-refractivity contribution in [1.29, 1.82) is 0 Å². The highest BCUT2D eigenvalue weighted by atomic mass is 127. The summed E-state index contributed by atoms with van der Waals surface area (Å²) in [6.45, 7) is -0.441. The quantitative estimate of drug-likeness (QED) is 0.178. The van der Waals surface area contributed by atoms with Gasteiger partial charge in [0.25, 0.3) is 5.56 Å². The molecular weight excluding hydrogens is 704 g/mol. The van der Waals surface area contributed by atoms with Gasteiger partial charge < -0.3 is 19.0 Å². The number of carbonyl (C=O) groups is 1. The summed E-state index contributed by atoms with van der Waals surface area (Å²) in [5, 5.41) is 14.6. The first-order valence-electron chi connectivity index (χ1n) is 10.8. The van der Waals surface area contributed by atoms with Crippen LogP contribution in [-0.2, 0) is 4.79 Å². The molecule has 2 heterocycles. The molecule has 0 bridgehead atoms. The highest BCUT2D eigenvalue weighted by molar-refractivity contribution is 14.1. The lowest BCUT2D eigenvalue weighted by atomic mass is 10.2. The maximum absolute atomic E-state index is 13.5. The number of rotatable bonds is 7. The summed E-state index contributed by atoms with van der Waals surface area (Å²) in [6.07, 6.45) is 1.54. The Morgan fingerprint density at radius 1 is 1.11 bits per heavy atom. The summed E-state index contributed by atoms with van der Waals surface area (Å²) in [5.74, 6) is 0.656. The summed E-state index contributed by atoms with van der Waals surface area (Å²) < 4.78 is 19.5. The van der Waals surface area contributed by atoms with E-state index in [0.717, 1.165) is 5.39 Å². The van der Waals surface area contributed by atoms with Gasteiger partial charge in [0.15, 0.2) is 12.4 Å². The predicted molar refractivity (Wildman–Crippen MR) is 156 cm³/mol. The van der Waals surface area contributed by atoms with Crippen LogP contribution in [-0.4, -0.2) is 40.7 Å². The summed E-state index contributed by atoms with van der Waals surface area (Å²) in [7, 11) is 1.58. The van der Waals surface area contributed by atoms with Crippen LogP contribution < -0.4 is 15.0 Å². The van der Waals surface area contributed by atoms with Crippen molar-refractivity contribution in [1.82, 2.24) is 9.66 Å². The van der Waals surface area contributed by atoms with Crippen LogP contribution in [0.25, 0.3) is 33.5 Å². The summed E-state index contributed by atoms with van der Waals surface area (Å²) >= 11 is 4.14. The van der Waals surface area contributed by atoms with E-state index in [1.54, 1.807) is 43.5 Å². The SMILES string of the molecule is COc1cccc2oc(-c3nc4ccccc4c(=O)n3N=Cc3cc(I)c(OCC(=O)O)c(I)c3)cc12. The van der Waals surface area contributed by atoms with Crippen molar-refractivity contribution in [2.75, 3.05) is 13.7 Å². The van der Waals surface area contributed by atoms with Gasteiger partial charge in [0, 0.05) is 0 Å². The second-order valence-electron chi connectivity index (χ2n) is 7.79. The second-order valence-corrected chi connectivity index (χ2v) is 10.1. The van der Waals surface area contributed by atoms with E-state index in [9.17, 15) is 9.59 Å². The first-order valence-corrected chi connectivity index (χ1v) is 13.0. The van der Waals surface area contributed by atoms with Crippen LogP contribution >= 0.6 is 45.2 Å². The lowest BCUT2D eigenvalue weighted by Gasteiger charge is -2.10. The Labute approximate surface area is 237 Å². The zero-order valence-corrected chi connectivity index (χ0v) is 23.5. The molecule has 0 aliphatic heterocycles. The molecule has 0 aliphatic rings. The molecule has 11 heteroatoms. The van der Waals surface area contributed by atoms with E-state index in [2.05, 4.69) is 50.3 Å². The molecule has 2 aromatic heterocycles. The molecular formula is C26H17I2N3O6. The summed E-state index contributed by atoms with van der Waals surface area (Å²) in [4.78, 5) is 29.1. The molecule has 0 radical (unpaired) electrons. The van der Waals surface area contributed by atoms with Gasteiger partial charge in [0.05, 0.1) is 36.8 Å². The minimum atomic E-state index is -1.06. The smallest absolute Gasteiger partial charge is 0.341 e. The lowest BCUT2D eigenvalue weighted by Crippen LogP contribution is -2.20. The molecule has 0 saturated carbocycles. The third-order valence-electron chi connectivity index (χ3n) is 5.40. The average Bonchev–Trinajstić information content (AvgIpc) is 3.32. The number of nitrogens with zero attached hydrogens (tertiary/aromatic N) is 3. The average molecular weight is 721 g/mol. The van der Waals surface area contributed by atoms with E-state index >= 15 is 0 Å². The van der Waals surface area contributed by atoms with Gasteiger partial charge in [-0.1, -0.05) is 18.2 Å². The maximum atomic E-state index is 13.5. The number of ether oxygens (including phenoxy) is 2. The van der Waals surface area contributed by atoms with Crippen molar-refractivity contribution in [3.05, 3.63) is 83.7 Å². The molecule has 5 rings (SSSR count). The number of aliphatic carboxylic acids is 1. The van der Waals surface area contributed by atoms with Gasteiger partial charge >= 0.3 is 5.97 Å². The van der Waals surface area contributed by atoms with Crippen LogP contribution in [0.1, 0.15) is 5.56 Å². The van der Waals surface area contributed by atoms with E-state index < -0.39 is 12.6 Å². The van der Waals surface area contributed by atoms with Crippen molar-refractivity contribution in [3.63, 3.8) is 0 Å². The van der Waals surface area contributed by atoms with Crippen LogP contribution in [0.2, 0.25) is 0 Å². The Balaban J connectivity index is 1.64. The van der Waals surface area contributed by atoms with Gasteiger partial charge in [-0.25, -0.2) is 9.78 Å². The maximum Gasteiger partial charge on any atom is 0.341 e. The largest absolute Gasteiger partial charge is 0.496 e. The Morgan fingerprint density at radius 3 is 2.59 bits per heavy atom. The normalized spacial score (nSPS) is 11.4. The highest BCUT2D eigenvalue weighted by Gasteiger charge is 2.18. The van der Waals surface area contributed by atoms with Gasteiger partial charge in [-0.15, -0.1) is 0 Å². The first-order chi connectivity index (χ1) is 17.9. The molecule has 37 heavy (non-hydrogen) atoms.